The molecule has 9 heteroatoms. The summed E-state index contributed by atoms with van der Waals surface area (Å²) in [6, 6.07) is 21.7. The molecule has 0 saturated carbocycles. The molecular formula is C33H43N3O5S. The summed E-state index contributed by atoms with van der Waals surface area (Å²) in [5, 5.41) is 2.98. The van der Waals surface area contributed by atoms with Gasteiger partial charge in [-0.25, -0.2) is 8.42 Å². The summed E-state index contributed by atoms with van der Waals surface area (Å²) in [5.74, 6) is 0.130. The number of methoxy groups -OCH3 is 1. The number of nitrogens with zero attached hydrogens (tertiary/aromatic N) is 2. The van der Waals surface area contributed by atoms with Crippen LogP contribution in [-0.4, -0.2) is 50.4 Å². The second-order valence-corrected chi connectivity index (χ2v) is 13.5. The molecule has 8 nitrogen and oxygen atoms in total. The minimum atomic E-state index is -4.11. The maximum Gasteiger partial charge on any atom is 0.264 e. The highest BCUT2D eigenvalue weighted by Crippen LogP contribution is 2.27. The van der Waals surface area contributed by atoms with Crippen LogP contribution in [0, 0.1) is 0 Å². The third-order valence-corrected chi connectivity index (χ3v) is 8.64. The zero-order valence-electron chi connectivity index (χ0n) is 25.6. The van der Waals surface area contributed by atoms with Gasteiger partial charge in [-0.2, -0.15) is 0 Å². The molecule has 1 atom stereocenters. The zero-order chi connectivity index (χ0) is 31.1. The summed E-state index contributed by atoms with van der Waals surface area (Å²) in [6.07, 6.45) is 0.346. The van der Waals surface area contributed by atoms with Gasteiger partial charge in [0, 0.05) is 12.1 Å². The monoisotopic (exact) mass is 593 g/mol. The first kappa shape index (κ1) is 32.7. The molecule has 1 N–H and O–H groups in total. The van der Waals surface area contributed by atoms with Crippen molar-refractivity contribution in [2.24, 2.45) is 0 Å². The van der Waals surface area contributed by atoms with Crippen molar-refractivity contribution in [3.05, 3.63) is 90.0 Å². The Morgan fingerprint density at radius 2 is 1.50 bits per heavy atom. The summed E-state index contributed by atoms with van der Waals surface area (Å²) >= 11 is 0. The van der Waals surface area contributed by atoms with Crippen LogP contribution in [0.3, 0.4) is 0 Å². The number of hydrogen-bond acceptors (Lipinski definition) is 5. The molecule has 42 heavy (non-hydrogen) atoms. The molecule has 0 saturated heterocycles. The average molecular weight is 594 g/mol. The lowest BCUT2D eigenvalue weighted by atomic mass is 10.0. The summed E-state index contributed by atoms with van der Waals surface area (Å²) in [7, 11) is -2.54. The number of benzene rings is 3. The van der Waals surface area contributed by atoms with E-state index in [2.05, 4.69) is 19.2 Å². The van der Waals surface area contributed by atoms with E-state index in [0.29, 0.717) is 17.9 Å². The van der Waals surface area contributed by atoms with Gasteiger partial charge in [0.25, 0.3) is 10.0 Å². The molecule has 226 valence electrons. The summed E-state index contributed by atoms with van der Waals surface area (Å²) in [5.41, 5.74) is 1.69. The van der Waals surface area contributed by atoms with E-state index in [1.54, 1.807) is 49.6 Å². The quantitative estimate of drug-likeness (QED) is 0.289. The van der Waals surface area contributed by atoms with Gasteiger partial charge in [0.05, 0.1) is 17.7 Å². The number of carbonyl (C=O) groups excluding carboxylic acids is 2. The minimum Gasteiger partial charge on any atom is -0.497 e. The predicted molar refractivity (Wildman–Crippen MR) is 167 cm³/mol. The second-order valence-electron chi connectivity index (χ2n) is 11.6. The van der Waals surface area contributed by atoms with Crippen LogP contribution in [-0.2, 0) is 26.2 Å². The van der Waals surface area contributed by atoms with Crippen molar-refractivity contribution < 1.29 is 22.7 Å². The Balaban J connectivity index is 2.07. The van der Waals surface area contributed by atoms with Crippen LogP contribution in [0.2, 0.25) is 0 Å². The Hall–Kier alpha value is -3.85. The van der Waals surface area contributed by atoms with Crippen molar-refractivity contribution in [2.75, 3.05) is 18.0 Å². The Bertz CT molecular complexity index is 1430. The van der Waals surface area contributed by atoms with E-state index in [4.69, 9.17) is 4.74 Å². The zero-order valence-corrected chi connectivity index (χ0v) is 26.4. The third kappa shape index (κ3) is 8.35. The summed E-state index contributed by atoms with van der Waals surface area (Å²) in [6.45, 7) is 11.2. The molecule has 0 aliphatic heterocycles. The van der Waals surface area contributed by atoms with E-state index in [1.165, 1.54) is 17.0 Å². The SMILES string of the molecule is CC[C@H](C(=O)NC(C)(C)C)N(Cc1ccc(OC)cc1)C(=O)CN(c1ccc(C(C)C)cc1)S(=O)(=O)c1ccccc1. The van der Waals surface area contributed by atoms with E-state index in [1.807, 2.05) is 52.0 Å². The van der Waals surface area contributed by atoms with Gasteiger partial charge >= 0.3 is 0 Å². The third-order valence-electron chi connectivity index (χ3n) is 6.85. The highest BCUT2D eigenvalue weighted by Gasteiger charge is 2.34. The van der Waals surface area contributed by atoms with E-state index < -0.39 is 34.1 Å². The lowest BCUT2D eigenvalue weighted by Gasteiger charge is -2.34. The van der Waals surface area contributed by atoms with Gasteiger partial charge in [0.1, 0.15) is 18.3 Å². The van der Waals surface area contributed by atoms with E-state index in [0.717, 1.165) is 15.4 Å². The topological polar surface area (TPSA) is 96.0 Å². The number of rotatable bonds is 12. The highest BCUT2D eigenvalue weighted by atomic mass is 32.2. The fourth-order valence-electron chi connectivity index (χ4n) is 4.57. The summed E-state index contributed by atoms with van der Waals surface area (Å²) in [4.78, 5) is 29.2. The van der Waals surface area contributed by atoms with Crippen molar-refractivity contribution >= 4 is 27.5 Å². The van der Waals surface area contributed by atoms with Gasteiger partial charge in [-0.05, 0) is 80.6 Å². The van der Waals surface area contributed by atoms with Gasteiger partial charge < -0.3 is 15.0 Å². The van der Waals surface area contributed by atoms with Crippen molar-refractivity contribution in [2.45, 2.75) is 76.9 Å². The molecule has 0 heterocycles. The molecule has 2 amide bonds. The van der Waals surface area contributed by atoms with Crippen LogP contribution in [0.5, 0.6) is 5.75 Å². The largest absolute Gasteiger partial charge is 0.497 e. The molecule has 0 aliphatic rings. The van der Waals surface area contributed by atoms with Gasteiger partial charge in [-0.15, -0.1) is 0 Å². The molecule has 0 aliphatic carbocycles. The lowest BCUT2D eigenvalue weighted by molar-refractivity contribution is -0.141. The molecule has 0 aromatic heterocycles. The van der Waals surface area contributed by atoms with E-state index >= 15 is 0 Å². The minimum absolute atomic E-state index is 0.0740. The highest BCUT2D eigenvalue weighted by molar-refractivity contribution is 7.92. The standard InChI is InChI=1S/C33H43N3O5S/c1-8-30(32(38)34-33(4,5)6)35(22-25-14-20-28(41-7)21-15-25)31(37)23-36(27-18-16-26(17-19-27)24(2)3)42(39,40)29-12-10-9-11-13-29/h9-21,24,30H,8,22-23H2,1-7H3,(H,34,38)/t30-/m1/s1. The van der Waals surface area contributed by atoms with Crippen molar-refractivity contribution in [1.29, 1.82) is 0 Å². The van der Waals surface area contributed by atoms with Crippen LogP contribution in [0.4, 0.5) is 5.69 Å². The maximum atomic E-state index is 14.2. The van der Waals surface area contributed by atoms with E-state index in [9.17, 15) is 18.0 Å². The molecule has 0 radical (unpaired) electrons. The van der Waals surface area contributed by atoms with E-state index in [-0.39, 0.29) is 23.3 Å². The molecule has 0 spiro atoms. The first-order valence-electron chi connectivity index (χ1n) is 14.2. The number of ether oxygens (including phenoxy) is 1. The second kappa shape index (κ2) is 13.9. The Kier molecular flexibility index (Phi) is 10.8. The van der Waals surface area contributed by atoms with Gasteiger partial charge in [-0.3, -0.25) is 13.9 Å². The first-order chi connectivity index (χ1) is 19.8. The number of hydrogen-bond donors (Lipinski definition) is 1. The fraction of sp³-hybridized carbons (Fsp3) is 0.394. The van der Waals surface area contributed by atoms with Crippen LogP contribution in [0.15, 0.2) is 83.8 Å². The van der Waals surface area contributed by atoms with Crippen LogP contribution < -0.4 is 14.4 Å². The first-order valence-corrected chi connectivity index (χ1v) is 15.6. The van der Waals surface area contributed by atoms with Crippen LogP contribution in [0.25, 0.3) is 0 Å². The number of carbonyl (C=O) groups is 2. The number of nitrogens with one attached hydrogen (secondary N) is 1. The van der Waals surface area contributed by atoms with Gasteiger partial charge in [0.15, 0.2) is 0 Å². The molecule has 0 unspecified atom stereocenters. The van der Waals surface area contributed by atoms with Crippen molar-refractivity contribution in [1.82, 2.24) is 10.2 Å². The molecule has 0 bridgehead atoms. The van der Waals surface area contributed by atoms with Gasteiger partial charge in [-0.1, -0.05) is 63.2 Å². The van der Waals surface area contributed by atoms with Crippen LogP contribution >= 0.6 is 0 Å². The molecule has 3 aromatic rings. The van der Waals surface area contributed by atoms with Crippen LogP contribution in [0.1, 0.15) is 65.0 Å². The van der Waals surface area contributed by atoms with Gasteiger partial charge in [0.2, 0.25) is 11.8 Å². The molecule has 0 fully saturated rings. The predicted octanol–water partition coefficient (Wildman–Crippen LogP) is 5.74. The number of anilines is 1. The number of sulfonamides is 1. The maximum absolute atomic E-state index is 14.2. The Morgan fingerprint density at radius 3 is 2.00 bits per heavy atom. The fourth-order valence-corrected chi connectivity index (χ4v) is 6.01. The molecule has 3 aromatic carbocycles. The Labute approximate surface area is 250 Å². The normalized spacial score (nSPS) is 12.5. The average Bonchev–Trinajstić information content (AvgIpc) is 2.95. The Morgan fingerprint density at radius 1 is 0.905 bits per heavy atom. The van der Waals surface area contributed by atoms with Crippen molar-refractivity contribution in [3.8, 4) is 5.75 Å². The number of amides is 2. The van der Waals surface area contributed by atoms with Crippen molar-refractivity contribution in [3.63, 3.8) is 0 Å². The smallest absolute Gasteiger partial charge is 0.264 e. The molecule has 3 rings (SSSR count). The summed E-state index contributed by atoms with van der Waals surface area (Å²) < 4.78 is 34.3. The lowest BCUT2D eigenvalue weighted by Crippen LogP contribution is -2.55. The molecular weight excluding hydrogens is 550 g/mol.